The number of carbonyl (C=O) groups is 3. The summed E-state index contributed by atoms with van der Waals surface area (Å²) in [6.07, 6.45) is 0. The van der Waals surface area contributed by atoms with Gasteiger partial charge in [0.1, 0.15) is 0 Å². The lowest BCUT2D eigenvalue weighted by molar-refractivity contribution is -0.114. The predicted molar refractivity (Wildman–Crippen MR) is 95.8 cm³/mol. The van der Waals surface area contributed by atoms with E-state index >= 15 is 0 Å². The van der Waals surface area contributed by atoms with Crippen LogP contribution in [0, 0.1) is 0 Å². The first-order chi connectivity index (χ1) is 12.1. The quantitative estimate of drug-likeness (QED) is 0.730. The molecular formula is C20H14N2O3. The second-order valence-electron chi connectivity index (χ2n) is 5.89. The van der Waals surface area contributed by atoms with Gasteiger partial charge >= 0.3 is 0 Å². The van der Waals surface area contributed by atoms with Gasteiger partial charge in [0.15, 0.2) is 0 Å². The molecule has 1 aliphatic rings. The van der Waals surface area contributed by atoms with Crippen molar-refractivity contribution in [2.24, 2.45) is 0 Å². The average Bonchev–Trinajstić information content (AvgIpc) is 2.86. The van der Waals surface area contributed by atoms with Gasteiger partial charge in [-0.2, -0.15) is 0 Å². The van der Waals surface area contributed by atoms with Crippen LogP contribution in [0.2, 0.25) is 0 Å². The molecular weight excluding hydrogens is 316 g/mol. The number of imide groups is 1. The summed E-state index contributed by atoms with van der Waals surface area (Å²) in [4.78, 5) is 38.2. The zero-order valence-electron chi connectivity index (χ0n) is 13.4. The van der Waals surface area contributed by atoms with Gasteiger partial charge in [0.2, 0.25) is 5.91 Å². The first-order valence-electron chi connectivity index (χ1n) is 7.84. The van der Waals surface area contributed by atoms with E-state index in [-0.39, 0.29) is 17.4 Å². The number of nitrogens with one attached hydrogen (secondary N) is 1. The molecule has 1 aliphatic heterocycles. The third-order valence-electron chi connectivity index (χ3n) is 4.22. The number of amides is 3. The highest BCUT2D eigenvalue weighted by Gasteiger charge is 2.38. The zero-order chi connectivity index (χ0) is 17.6. The van der Waals surface area contributed by atoms with E-state index in [9.17, 15) is 14.4 Å². The van der Waals surface area contributed by atoms with Crippen molar-refractivity contribution in [1.29, 1.82) is 0 Å². The number of anilines is 2. The molecule has 0 saturated heterocycles. The van der Waals surface area contributed by atoms with Gasteiger partial charge in [0.05, 0.1) is 22.5 Å². The second-order valence-corrected chi connectivity index (χ2v) is 5.89. The van der Waals surface area contributed by atoms with Crippen molar-refractivity contribution >= 4 is 39.9 Å². The highest BCUT2D eigenvalue weighted by molar-refractivity contribution is 6.36. The first kappa shape index (κ1) is 15.1. The summed E-state index contributed by atoms with van der Waals surface area (Å²) in [6.45, 7) is 1.36. The largest absolute Gasteiger partial charge is 0.326 e. The summed E-state index contributed by atoms with van der Waals surface area (Å²) in [6, 6.07) is 18.1. The third-order valence-corrected chi connectivity index (χ3v) is 4.22. The SMILES string of the molecule is CC(=O)Nc1cccc2c1C(=O)N(c1ccc3ccccc3c1)C2=O. The molecule has 4 rings (SSSR count). The number of hydrogen-bond acceptors (Lipinski definition) is 3. The third kappa shape index (κ3) is 2.37. The molecule has 1 N–H and O–H groups in total. The van der Waals surface area contributed by atoms with Crippen molar-refractivity contribution in [2.75, 3.05) is 10.2 Å². The van der Waals surface area contributed by atoms with Crippen LogP contribution >= 0.6 is 0 Å². The molecule has 3 amide bonds. The summed E-state index contributed by atoms with van der Waals surface area (Å²) >= 11 is 0. The molecule has 5 heteroatoms. The number of carbonyl (C=O) groups excluding carboxylic acids is 3. The maximum Gasteiger partial charge on any atom is 0.268 e. The Kier molecular flexibility index (Phi) is 3.35. The van der Waals surface area contributed by atoms with Crippen LogP contribution < -0.4 is 10.2 Å². The molecule has 1 heterocycles. The van der Waals surface area contributed by atoms with Crippen LogP contribution in [0.15, 0.2) is 60.7 Å². The van der Waals surface area contributed by atoms with E-state index in [0.29, 0.717) is 16.9 Å². The molecule has 0 saturated carbocycles. The van der Waals surface area contributed by atoms with E-state index in [2.05, 4.69) is 5.32 Å². The number of hydrogen-bond donors (Lipinski definition) is 1. The zero-order valence-corrected chi connectivity index (χ0v) is 13.4. The van der Waals surface area contributed by atoms with Crippen molar-refractivity contribution < 1.29 is 14.4 Å². The molecule has 3 aromatic rings. The van der Waals surface area contributed by atoms with Gasteiger partial charge in [-0.15, -0.1) is 0 Å². The second kappa shape index (κ2) is 5.56. The topological polar surface area (TPSA) is 66.5 Å². The summed E-state index contributed by atoms with van der Waals surface area (Å²) in [5, 5.41) is 4.59. The monoisotopic (exact) mass is 330 g/mol. The van der Waals surface area contributed by atoms with E-state index in [4.69, 9.17) is 0 Å². The summed E-state index contributed by atoms with van der Waals surface area (Å²) in [7, 11) is 0. The fraction of sp³-hybridized carbons (Fsp3) is 0.0500. The average molecular weight is 330 g/mol. The van der Waals surface area contributed by atoms with Crippen LogP contribution in [-0.2, 0) is 4.79 Å². The molecule has 5 nitrogen and oxygen atoms in total. The van der Waals surface area contributed by atoms with E-state index in [0.717, 1.165) is 15.7 Å². The number of nitrogens with zero attached hydrogens (tertiary/aromatic N) is 1. The Morgan fingerprint density at radius 3 is 2.40 bits per heavy atom. The van der Waals surface area contributed by atoms with E-state index in [1.54, 1.807) is 24.3 Å². The Morgan fingerprint density at radius 1 is 0.880 bits per heavy atom. The molecule has 0 radical (unpaired) electrons. The number of rotatable bonds is 2. The predicted octanol–water partition coefficient (Wildman–Crippen LogP) is 3.60. The Bertz CT molecular complexity index is 1060. The van der Waals surface area contributed by atoms with Gasteiger partial charge in [0.25, 0.3) is 11.8 Å². The molecule has 0 bridgehead atoms. The lowest BCUT2D eigenvalue weighted by Gasteiger charge is -2.15. The van der Waals surface area contributed by atoms with Gasteiger partial charge in [-0.05, 0) is 35.0 Å². The van der Waals surface area contributed by atoms with Gasteiger partial charge in [0, 0.05) is 6.92 Å². The van der Waals surface area contributed by atoms with Crippen molar-refractivity contribution in [3.8, 4) is 0 Å². The van der Waals surface area contributed by atoms with Gasteiger partial charge in [-0.25, -0.2) is 4.90 Å². The van der Waals surface area contributed by atoms with Crippen LogP contribution in [0.25, 0.3) is 10.8 Å². The van der Waals surface area contributed by atoms with Crippen LogP contribution in [0.3, 0.4) is 0 Å². The molecule has 3 aromatic carbocycles. The Hall–Kier alpha value is -3.47. The minimum Gasteiger partial charge on any atom is -0.326 e. The summed E-state index contributed by atoms with van der Waals surface area (Å²) in [5.74, 6) is -1.11. The van der Waals surface area contributed by atoms with Crippen molar-refractivity contribution in [3.05, 3.63) is 71.8 Å². The van der Waals surface area contributed by atoms with Gasteiger partial charge < -0.3 is 5.32 Å². The fourth-order valence-corrected chi connectivity index (χ4v) is 3.13. The Morgan fingerprint density at radius 2 is 1.64 bits per heavy atom. The molecule has 0 atom stereocenters. The Balaban J connectivity index is 1.82. The van der Waals surface area contributed by atoms with Crippen LogP contribution in [0.1, 0.15) is 27.6 Å². The first-order valence-corrected chi connectivity index (χ1v) is 7.84. The molecule has 0 aromatic heterocycles. The van der Waals surface area contributed by atoms with Gasteiger partial charge in [-0.1, -0.05) is 36.4 Å². The number of fused-ring (bicyclic) bond motifs is 2. The lowest BCUT2D eigenvalue weighted by atomic mass is 10.1. The maximum atomic E-state index is 12.9. The highest BCUT2D eigenvalue weighted by atomic mass is 16.2. The lowest BCUT2D eigenvalue weighted by Crippen LogP contribution is -2.29. The van der Waals surface area contributed by atoms with Crippen LogP contribution in [0.5, 0.6) is 0 Å². The summed E-state index contributed by atoms with van der Waals surface area (Å²) < 4.78 is 0. The van der Waals surface area contributed by atoms with Gasteiger partial charge in [-0.3, -0.25) is 14.4 Å². The molecule has 25 heavy (non-hydrogen) atoms. The minimum atomic E-state index is -0.431. The molecule has 0 aliphatic carbocycles. The van der Waals surface area contributed by atoms with Crippen LogP contribution in [-0.4, -0.2) is 17.7 Å². The minimum absolute atomic E-state index is 0.232. The number of benzene rings is 3. The molecule has 0 spiro atoms. The van der Waals surface area contributed by atoms with E-state index < -0.39 is 5.91 Å². The molecule has 0 fully saturated rings. The maximum absolute atomic E-state index is 12.9. The standard InChI is InChI=1S/C20H14N2O3/c1-12(23)21-17-8-4-7-16-18(17)20(25)22(19(16)24)15-10-9-13-5-2-3-6-14(13)11-15/h2-11H,1H3,(H,21,23). The normalized spacial score (nSPS) is 13.2. The smallest absolute Gasteiger partial charge is 0.268 e. The fourth-order valence-electron chi connectivity index (χ4n) is 3.13. The molecule has 122 valence electrons. The van der Waals surface area contributed by atoms with Crippen molar-refractivity contribution in [2.45, 2.75) is 6.92 Å². The van der Waals surface area contributed by atoms with E-state index in [1.165, 1.54) is 6.92 Å². The highest BCUT2D eigenvalue weighted by Crippen LogP contribution is 2.34. The Labute approximate surface area is 143 Å². The van der Waals surface area contributed by atoms with Crippen molar-refractivity contribution in [1.82, 2.24) is 0 Å². The van der Waals surface area contributed by atoms with Crippen LogP contribution in [0.4, 0.5) is 11.4 Å². The van der Waals surface area contributed by atoms with Crippen molar-refractivity contribution in [3.63, 3.8) is 0 Å². The van der Waals surface area contributed by atoms with E-state index in [1.807, 2.05) is 36.4 Å². The summed E-state index contributed by atoms with van der Waals surface area (Å²) in [5.41, 5.74) is 1.39. The molecule has 0 unspecified atom stereocenters.